The molecule has 0 radical (unpaired) electrons. The molecule has 428 valence electrons. The minimum absolute atomic E-state index is 0.0400. The first-order valence-electron chi connectivity index (χ1n) is 27.3. The summed E-state index contributed by atoms with van der Waals surface area (Å²) in [5.41, 5.74) is 0.166. The lowest BCUT2D eigenvalue weighted by molar-refractivity contribution is -0.158. The average Bonchev–Trinajstić information content (AvgIpc) is 4.12. The van der Waals surface area contributed by atoms with Crippen LogP contribution >= 0.6 is 7.60 Å². The third kappa shape index (κ3) is 16.0. The zero-order valence-corrected chi connectivity index (χ0v) is 49.1. The Hall–Kier alpha value is -6.30. The molecule has 2 fully saturated rings. The molecular formula is C60H80N5O13P. The fourth-order valence-corrected chi connectivity index (χ4v) is 10.7. The van der Waals surface area contributed by atoms with Gasteiger partial charge in [0, 0.05) is 18.5 Å². The van der Waals surface area contributed by atoms with E-state index in [2.05, 4.69) is 5.10 Å². The Labute approximate surface area is 465 Å². The zero-order valence-electron chi connectivity index (χ0n) is 48.2. The standard InChI is InChI=1S/C60H80N5O13P/c1-14-16-33-72-79(70,73-34-17-15-2)40-71-45-30-24-27-42(35-45)39-63-49(44-28-22-19-23-29-44)51-50(74-60(12,13)75-51)48(37-41-25-20-18-21-26-41)62(53(63)66)38-43-31-32-47-46(36-43)52(61-65(47)56(69)78-59(9,10)11)64(54(67)76-57(3,4)5)55(68)77-58(6,7)8/h18-32,35-36,48-51H,14-17,33-34,37-40H2,1-13H3/t48-,49?,50+,51+/m1/s1. The van der Waals surface area contributed by atoms with Gasteiger partial charge in [-0.15, -0.1) is 5.10 Å². The lowest BCUT2D eigenvalue weighted by Crippen LogP contribution is -2.50. The van der Waals surface area contributed by atoms with Crippen molar-refractivity contribution < 1.29 is 61.2 Å². The van der Waals surface area contributed by atoms with Crippen molar-refractivity contribution in [1.82, 2.24) is 19.6 Å². The van der Waals surface area contributed by atoms with Crippen molar-refractivity contribution in [1.29, 1.82) is 0 Å². The van der Waals surface area contributed by atoms with Crippen LogP contribution in [0.15, 0.2) is 103 Å². The molecule has 0 aliphatic carbocycles. The van der Waals surface area contributed by atoms with Gasteiger partial charge >= 0.3 is 31.9 Å². The third-order valence-corrected chi connectivity index (χ3v) is 14.3. The Bertz CT molecular complexity index is 2910. The highest BCUT2D eigenvalue weighted by molar-refractivity contribution is 7.53. The first-order chi connectivity index (χ1) is 37.2. The second-order valence-corrected chi connectivity index (χ2v) is 25.5. The molecule has 1 aromatic heterocycles. The minimum atomic E-state index is -3.63. The summed E-state index contributed by atoms with van der Waals surface area (Å²) < 4.78 is 64.1. The SMILES string of the molecule is CCCCOP(=O)(COc1cccc(CN2C(=O)N(Cc3ccc4c(c3)c(N(C(=O)OC(C)(C)C)C(=O)OC(C)(C)C)nn4C(=O)OC(C)(C)C)[C@H](Cc3ccccc3)[C@@H]3OC(C)(C)O[C@H]3C2c2ccccc2)c1)OCCCC. The molecule has 5 aromatic rings. The molecule has 7 rings (SSSR count). The number of aromatic nitrogens is 2. The Balaban J connectivity index is 1.38. The van der Waals surface area contributed by atoms with Gasteiger partial charge in [0.05, 0.1) is 30.8 Å². The molecule has 0 N–H and O–H groups in total. The van der Waals surface area contributed by atoms with Crippen LogP contribution in [0, 0.1) is 0 Å². The number of urea groups is 1. The van der Waals surface area contributed by atoms with E-state index in [1.54, 1.807) is 96.4 Å². The summed E-state index contributed by atoms with van der Waals surface area (Å²) in [5.74, 6) is -0.921. The highest BCUT2D eigenvalue weighted by Crippen LogP contribution is 2.49. The Morgan fingerprint density at radius 3 is 1.80 bits per heavy atom. The lowest BCUT2D eigenvalue weighted by Gasteiger charge is -2.37. The van der Waals surface area contributed by atoms with E-state index < -0.39 is 72.8 Å². The van der Waals surface area contributed by atoms with Gasteiger partial charge in [-0.05, 0) is 142 Å². The third-order valence-electron chi connectivity index (χ3n) is 12.7. The smallest absolute Gasteiger partial charge is 0.435 e. The molecule has 4 aromatic carbocycles. The van der Waals surface area contributed by atoms with Crippen LogP contribution in [0.5, 0.6) is 5.75 Å². The van der Waals surface area contributed by atoms with E-state index in [9.17, 15) is 18.9 Å². The monoisotopic (exact) mass is 1110 g/mol. The normalized spacial score (nSPS) is 18.7. The average molecular weight is 1110 g/mol. The number of carbonyl (C=O) groups is 4. The second-order valence-electron chi connectivity index (χ2n) is 23.5. The molecule has 2 saturated heterocycles. The molecule has 0 saturated carbocycles. The maximum atomic E-state index is 16.3. The number of unbranched alkanes of at least 4 members (excludes halogenated alkanes) is 2. The molecule has 2 aliphatic rings. The van der Waals surface area contributed by atoms with E-state index in [1.807, 2.05) is 107 Å². The first-order valence-corrected chi connectivity index (χ1v) is 29.0. The van der Waals surface area contributed by atoms with E-state index in [0.29, 0.717) is 28.2 Å². The van der Waals surface area contributed by atoms with Crippen molar-refractivity contribution in [2.24, 2.45) is 0 Å². The molecule has 18 nitrogen and oxygen atoms in total. The van der Waals surface area contributed by atoms with Gasteiger partial charge in [-0.25, -0.2) is 19.2 Å². The molecule has 3 heterocycles. The molecule has 79 heavy (non-hydrogen) atoms. The van der Waals surface area contributed by atoms with Crippen LogP contribution in [0.2, 0.25) is 0 Å². The fourth-order valence-electron chi connectivity index (χ4n) is 9.40. The number of nitrogens with zero attached hydrogens (tertiary/aromatic N) is 5. The Morgan fingerprint density at radius 2 is 1.22 bits per heavy atom. The molecule has 4 amide bonds. The summed E-state index contributed by atoms with van der Waals surface area (Å²) in [6.45, 7) is 23.5. The van der Waals surface area contributed by atoms with Crippen LogP contribution < -0.4 is 9.64 Å². The Kier molecular flexibility index (Phi) is 19.1. The quantitative estimate of drug-likeness (QED) is 0.0432. The number of ether oxygens (including phenoxy) is 6. The number of rotatable bonds is 19. The number of carbonyl (C=O) groups excluding carboxylic acids is 4. The lowest BCUT2D eigenvalue weighted by atomic mass is 9.90. The van der Waals surface area contributed by atoms with Gasteiger partial charge in [0.15, 0.2) is 18.0 Å². The topological polar surface area (TPSA) is 187 Å². The van der Waals surface area contributed by atoms with Gasteiger partial charge in [0.1, 0.15) is 34.8 Å². The fraction of sp³-hybridized carbons (Fsp3) is 0.517. The largest absolute Gasteiger partial charge is 0.481 e. The number of anilines is 1. The molecule has 0 spiro atoms. The molecular weight excluding hydrogens is 1030 g/mol. The van der Waals surface area contributed by atoms with Crippen LogP contribution in [-0.2, 0) is 56.8 Å². The van der Waals surface area contributed by atoms with Gasteiger partial charge in [-0.3, -0.25) is 4.57 Å². The van der Waals surface area contributed by atoms with E-state index in [-0.39, 0.29) is 55.4 Å². The van der Waals surface area contributed by atoms with Crippen LogP contribution in [-0.4, -0.2) is 104 Å². The summed E-state index contributed by atoms with van der Waals surface area (Å²) in [6, 6.07) is 30.3. The summed E-state index contributed by atoms with van der Waals surface area (Å²) >= 11 is 0. The first kappa shape index (κ1) is 60.3. The molecule has 19 heteroatoms. The van der Waals surface area contributed by atoms with Gasteiger partial charge in [-0.1, -0.05) is 106 Å². The van der Waals surface area contributed by atoms with E-state index in [1.165, 1.54) is 0 Å². The predicted molar refractivity (Wildman–Crippen MR) is 301 cm³/mol. The number of fused-ring (bicyclic) bond motifs is 2. The maximum absolute atomic E-state index is 16.3. The second kappa shape index (κ2) is 25.0. The zero-order chi connectivity index (χ0) is 57.5. The maximum Gasteiger partial charge on any atom is 0.435 e. The van der Waals surface area contributed by atoms with Gasteiger partial charge in [0.2, 0.25) is 0 Å². The van der Waals surface area contributed by atoms with Crippen molar-refractivity contribution in [2.75, 3.05) is 24.5 Å². The number of hydrogen-bond donors (Lipinski definition) is 0. The van der Waals surface area contributed by atoms with Crippen molar-refractivity contribution >= 4 is 48.6 Å². The molecule has 1 unspecified atom stereocenters. The van der Waals surface area contributed by atoms with Crippen molar-refractivity contribution in [2.45, 2.75) is 182 Å². The predicted octanol–water partition coefficient (Wildman–Crippen LogP) is 14.0. The molecule has 2 aliphatic heterocycles. The van der Waals surface area contributed by atoms with E-state index >= 15 is 4.79 Å². The number of hydrogen-bond acceptors (Lipinski definition) is 14. The van der Waals surface area contributed by atoms with Crippen LogP contribution in [0.4, 0.5) is 25.0 Å². The number of imide groups is 1. The van der Waals surface area contributed by atoms with E-state index in [4.69, 9.17) is 37.5 Å². The summed E-state index contributed by atoms with van der Waals surface area (Å²) in [7, 11) is -3.63. The van der Waals surface area contributed by atoms with Gasteiger partial charge < -0.3 is 47.3 Å². The molecule has 0 bridgehead atoms. The van der Waals surface area contributed by atoms with Crippen molar-refractivity contribution in [3.8, 4) is 5.75 Å². The summed E-state index contributed by atoms with van der Waals surface area (Å²) in [6.07, 6.45) is -1.21. The Morgan fingerprint density at radius 1 is 0.671 bits per heavy atom. The number of benzene rings is 4. The number of amides is 4. The van der Waals surface area contributed by atoms with Crippen LogP contribution in [0.1, 0.15) is 144 Å². The van der Waals surface area contributed by atoms with Crippen LogP contribution in [0.3, 0.4) is 0 Å². The minimum Gasteiger partial charge on any atom is -0.481 e. The highest BCUT2D eigenvalue weighted by atomic mass is 31.2. The van der Waals surface area contributed by atoms with Crippen molar-refractivity contribution in [3.05, 3.63) is 125 Å². The summed E-state index contributed by atoms with van der Waals surface area (Å²) in [5, 5.41) is 4.78. The van der Waals surface area contributed by atoms with E-state index in [0.717, 1.165) is 41.5 Å². The van der Waals surface area contributed by atoms with Crippen molar-refractivity contribution in [3.63, 3.8) is 0 Å². The summed E-state index contributed by atoms with van der Waals surface area (Å²) in [4.78, 5) is 63.0. The highest BCUT2D eigenvalue weighted by Gasteiger charge is 2.56. The van der Waals surface area contributed by atoms with Crippen LogP contribution in [0.25, 0.3) is 10.9 Å². The van der Waals surface area contributed by atoms with Gasteiger partial charge in [-0.2, -0.15) is 9.58 Å². The molecule has 4 atom stereocenters. The van der Waals surface area contributed by atoms with Gasteiger partial charge in [0.25, 0.3) is 0 Å².